The molecule has 0 bridgehead atoms. The van der Waals surface area contributed by atoms with Crippen LogP contribution in [-0.2, 0) is 14.3 Å². The number of amides is 1. The Bertz CT molecular complexity index is 663. The monoisotopic (exact) mass is 330 g/mol. The van der Waals surface area contributed by atoms with Crippen LogP contribution >= 0.6 is 0 Å². The smallest absolute Gasteiger partial charge is 0.331 e. The Kier molecular flexibility index (Phi) is 6.65. The topological polar surface area (TPSA) is 97.7 Å². The van der Waals surface area contributed by atoms with E-state index in [0.717, 1.165) is 12.0 Å². The second kappa shape index (κ2) is 9.20. The Balaban J connectivity index is 1.82. The zero-order valence-corrected chi connectivity index (χ0v) is 13.1. The molecule has 0 saturated heterocycles. The number of nitriles is 1. The van der Waals surface area contributed by atoms with Crippen molar-refractivity contribution < 1.29 is 23.8 Å². The number of carbonyl (C=O) groups excluding carboxylic acids is 2. The minimum absolute atomic E-state index is 0.212. The molecule has 1 amide bonds. The lowest BCUT2D eigenvalue weighted by molar-refractivity contribution is -0.143. The average molecular weight is 330 g/mol. The standard InChI is InChI=1S/C17H18N2O5/c18-7-1-8-19-16(20)12-24-17(21)6-4-13-3-5-14-15(11-13)23-10-2-9-22-14/h3-6,11H,1-2,8-10,12H2,(H,19,20)/b6-4+. The van der Waals surface area contributed by atoms with Crippen LogP contribution in [0, 0.1) is 11.3 Å². The third-order valence-corrected chi connectivity index (χ3v) is 3.09. The minimum Gasteiger partial charge on any atom is -0.490 e. The van der Waals surface area contributed by atoms with Gasteiger partial charge in [-0.05, 0) is 23.8 Å². The predicted molar refractivity (Wildman–Crippen MR) is 85.3 cm³/mol. The van der Waals surface area contributed by atoms with Gasteiger partial charge in [-0.1, -0.05) is 6.07 Å². The second-order valence-electron chi connectivity index (χ2n) is 4.96. The molecule has 0 radical (unpaired) electrons. The van der Waals surface area contributed by atoms with Gasteiger partial charge in [0.25, 0.3) is 5.91 Å². The minimum atomic E-state index is -0.627. The van der Waals surface area contributed by atoms with Gasteiger partial charge >= 0.3 is 5.97 Å². The molecular formula is C17H18N2O5. The lowest BCUT2D eigenvalue weighted by Crippen LogP contribution is -2.29. The highest BCUT2D eigenvalue weighted by Gasteiger charge is 2.10. The molecule has 0 spiro atoms. The van der Waals surface area contributed by atoms with E-state index < -0.39 is 11.9 Å². The molecule has 7 nitrogen and oxygen atoms in total. The van der Waals surface area contributed by atoms with Crippen molar-refractivity contribution in [3.63, 3.8) is 0 Å². The Morgan fingerprint density at radius 1 is 1.29 bits per heavy atom. The second-order valence-corrected chi connectivity index (χ2v) is 4.96. The molecule has 1 heterocycles. The molecule has 7 heteroatoms. The summed E-state index contributed by atoms with van der Waals surface area (Å²) >= 11 is 0. The van der Waals surface area contributed by atoms with Crippen molar-refractivity contribution in [3.8, 4) is 17.6 Å². The van der Waals surface area contributed by atoms with Crippen molar-refractivity contribution in [2.24, 2.45) is 0 Å². The highest BCUT2D eigenvalue weighted by atomic mass is 16.5. The Morgan fingerprint density at radius 2 is 2.08 bits per heavy atom. The van der Waals surface area contributed by atoms with Crippen molar-refractivity contribution in [1.82, 2.24) is 5.32 Å². The van der Waals surface area contributed by atoms with E-state index in [1.807, 2.05) is 6.07 Å². The van der Waals surface area contributed by atoms with Gasteiger partial charge in [0.2, 0.25) is 0 Å². The van der Waals surface area contributed by atoms with Gasteiger partial charge in [-0.25, -0.2) is 4.79 Å². The van der Waals surface area contributed by atoms with E-state index in [1.165, 1.54) is 6.08 Å². The van der Waals surface area contributed by atoms with Crippen molar-refractivity contribution in [2.75, 3.05) is 26.4 Å². The van der Waals surface area contributed by atoms with E-state index in [4.69, 9.17) is 19.5 Å². The molecule has 126 valence electrons. The lowest BCUT2D eigenvalue weighted by Gasteiger charge is -2.07. The number of esters is 1. The van der Waals surface area contributed by atoms with E-state index in [1.54, 1.807) is 24.3 Å². The molecule has 1 aromatic carbocycles. The molecular weight excluding hydrogens is 312 g/mol. The van der Waals surface area contributed by atoms with Crippen LogP contribution in [-0.4, -0.2) is 38.2 Å². The van der Waals surface area contributed by atoms with Crippen LogP contribution in [0.15, 0.2) is 24.3 Å². The van der Waals surface area contributed by atoms with Gasteiger partial charge in [-0.2, -0.15) is 5.26 Å². The number of benzene rings is 1. The number of nitrogens with one attached hydrogen (secondary N) is 1. The van der Waals surface area contributed by atoms with Gasteiger partial charge in [0.15, 0.2) is 18.1 Å². The number of ether oxygens (including phenoxy) is 3. The molecule has 0 fully saturated rings. The predicted octanol–water partition coefficient (Wildman–Crippen LogP) is 1.43. The summed E-state index contributed by atoms with van der Waals surface area (Å²) < 4.78 is 15.9. The summed E-state index contributed by atoms with van der Waals surface area (Å²) in [6.07, 6.45) is 3.85. The van der Waals surface area contributed by atoms with Crippen LogP contribution in [0.4, 0.5) is 0 Å². The van der Waals surface area contributed by atoms with Gasteiger partial charge in [-0.15, -0.1) is 0 Å². The zero-order chi connectivity index (χ0) is 17.2. The maximum Gasteiger partial charge on any atom is 0.331 e. The summed E-state index contributed by atoms with van der Waals surface area (Å²) in [6, 6.07) is 7.26. The van der Waals surface area contributed by atoms with Crippen LogP contribution in [0.25, 0.3) is 6.08 Å². The molecule has 0 unspecified atom stereocenters. The van der Waals surface area contributed by atoms with E-state index >= 15 is 0 Å². The summed E-state index contributed by atoms with van der Waals surface area (Å²) in [5.41, 5.74) is 0.759. The summed E-state index contributed by atoms with van der Waals surface area (Å²) in [4.78, 5) is 22.9. The fraction of sp³-hybridized carbons (Fsp3) is 0.353. The van der Waals surface area contributed by atoms with E-state index in [-0.39, 0.29) is 19.6 Å². The molecule has 1 aliphatic heterocycles. The molecule has 1 N–H and O–H groups in total. The van der Waals surface area contributed by atoms with Crippen LogP contribution in [0.1, 0.15) is 18.4 Å². The van der Waals surface area contributed by atoms with E-state index in [9.17, 15) is 9.59 Å². The molecule has 0 aromatic heterocycles. The maximum atomic E-state index is 11.6. The molecule has 24 heavy (non-hydrogen) atoms. The van der Waals surface area contributed by atoms with Gasteiger partial charge in [0, 0.05) is 19.0 Å². The van der Waals surface area contributed by atoms with Crippen LogP contribution in [0.5, 0.6) is 11.5 Å². The van der Waals surface area contributed by atoms with Gasteiger partial charge in [0.1, 0.15) is 0 Å². The Morgan fingerprint density at radius 3 is 2.88 bits per heavy atom. The van der Waals surface area contributed by atoms with Gasteiger partial charge < -0.3 is 19.5 Å². The van der Waals surface area contributed by atoms with Crippen LogP contribution in [0.3, 0.4) is 0 Å². The largest absolute Gasteiger partial charge is 0.490 e. The van der Waals surface area contributed by atoms with Crippen molar-refractivity contribution >= 4 is 18.0 Å². The summed E-state index contributed by atoms with van der Waals surface area (Å²) in [5, 5.41) is 10.8. The summed E-state index contributed by atoms with van der Waals surface area (Å²) in [5.74, 6) is 0.251. The first-order valence-corrected chi connectivity index (χ1v) is 7.57. The van der Waals surface area contributed by atoms with Crippen molar-refractivity contribution in [3.05, 3.63) is 29.8 Å². The number of rotatable bonds is 6. The third kappa shape index (κ3) is 5.65. The van der Waals surface area contributed by atoms with E-state index in [2.05, 4.69) is 5.32 Å². The molecule has 0 saturated carbocycles. The zero-order valence-electron chi connectivity index (χ0n) is 13.1. The SMILES string of the molecule is N#CCCNC(=O)COC(=O)/C=C/c1ccc2c(c1)OCCCO2. The van der Waals surface area contributed by atoms with Gasteiger partial charge in [-0.3, -0.25) is 4.79 Å². The average Bonchev–Trinajstić information content (AvgIpc) is 2.83. The van der Waals surface area contributed by atoms with Crippen molar-refractivity contribution in [1.29, 1.82) is 5.26 Å². The molecule has 1 aromatic rings. The summed E-state index contributed by atoms with van der Waals surface area (Å²) in [6.45, 7) is 1.06. The highest BCUT2D eigenvalue weighted by Crippen LogP contribution is 2.30. The van der Waals surface area contributed by atoms with Crippen LogP contribution < -0.4 is 14.8 Å². The molecule has 0 aliphatic carbocycles. The lowest BCUT2D eigenvalue weighted by atomic mass is 10.2. The van der Waals surface area contributed by atoms with Gasteiger partial charge in [0.05, 0.1) is 25.7 Å². The van der Waals surface area contributed by atoms with E-state index in [0.29, 0.717) is 24.7 Å². The van der Waals surface area contributed by atoms with Crippen LogP contribution in [0.2, 0.25) is 0 Å². The first kappa shape index (κ1) is 17.3. The highest BCUT2D eigenvalue weighted by molar-refractivity contribution is 5.89. The number of hydrogen-bond acceptors (Lipinski definition) is 6. The number of carbonyl (C=O) groups is 2. The van der Waals surface area contributed by atoms with Crippen molar-refractivity contribution in [2.45, 2.75) is 12.8 Å². The number of nitrogens with zero attached hydrogens (tertiary/aromatic N) is 1. The Labute approximate surface area is 139 Å². The first-order chi connectivity index (χ1) is 11.7. The molecule has 2 rings (SSSR count). The fourth-order valence-electron chi connectivity index (χ4n) is 1.94. The first-order valence-electron chi connectivity index (χ1n) is 7.57. The molecule has 0 atom stereocenters. The number of hydrogen-bond donors (Lipinski definition) is 1. The quantitative estimate of drug-likeness (QED) is 0.481. The normalized spacial score (nSPS) is 13.0. The summed E-state index contributed by atoms with van der Waals surface area (Å²) in [7, 11) is 0. The Hall–Kier alpha value is -3.01. The fourth-order valence-corrected chi connectivity index (χ4v) is 1.94. The third-order valence-electron chi connectivity index (χ3n) is 3.09. The molecule has 1 aliphatic rings. The number of fused-ring (bicyclic) bond motifs is 1. The maximum absolute atomic E-state index is 11.6.